The van der Waals surface area contributed by atoms with Gasteiger partial charge in [-0.2, -0.15) is 0 Å². The number of carbonyl (C=O) groups is 1. The lowest BCUT2D eigenvalue weighted by Crippen LogP contribution is -2.29. The number of amides is 1. The summed E-state index contributed by atoms with van der Waals surface area (Å²) in [5.74, 6) is 0.218. The van der Waals surface area contributed by atoms with Gasteiger partial charge in [-0.1, -0.05) is 12.8 Å². The van der Waals surface area contributed by atoms with Crippen LogP contribution >= 0.6 is 11.3 Å². The van der Waals surface area contributed by atoms with Crippen molar-refractivity contribution in [3.63, 3.8) is 0 Å². The number of nitrogens with two attached hydrogens (primary N) is 1. The summed E-state index contributed by atoms with van der Waals surface area (Å²) in [5.41, 5.74) is 6.50. The topological polar surface area (TPSA) is 59.2 Å². The van der Waals surface area contributed by atoms with Crippen molar-refractivity contribution in [1.82, 2.24) is 9.88 Å². The molecular formula is C15H27N3OS. The Morgan fingerprint density at radius 3 is 2.50 bits per heavy atom. The van der Waals surface area contributed by atoms with E-state index in [2.05, 4.69) is 11.9 Å². The lowest BCUT2D eigenvalue weighted by atomic mass is 10.1. The number of thiazole rings is 1. The molecule has 1 rings (SSSR count). The van der Waals surface area contributed by atoms with E-state index in [0.29, 0.717) is 6.42 Å². The average molecular weight is 297 g/mol. The Labute approximate surface area is 126 Å². The van der Waals surface area contributed by atoms with Crippen molar-refractivity contribution in [1.29, 1.82) is 0 Å². The number of rotatable bonds is 8. The number of carbonyl (C=O) groups excluding carboxylic acids is 1. The summed E-state index contributed by atoms with van der Waals surface area (Å²) in [6.07, 6.45) is 4.85. The number of hydrogen-bond acceptors (Lipinski definition) is 4. The van der Waals surface area contributed by atoms with Gasteiger partial charge in [0.1, 0.15) is 0 Å². The van der Waals surface area contributed by atoms with Gasteiger partial charge in [0, 0.05) is 18.3 Å². The SMILES string of the molecule is Cc1nc(C)c(C(C)N(C)C(=O)CCCCCCN)s1. The molecule has 2 N–H and O–H groups in total. The predicted octanol–water partition coefficient (Wildman–Crippen LogP) is 3.19. The number of unbranched alkanes of at least 4 members (excludes halogenated alkanes) is 3. The Balaban J connectivity index is 2.45. The molecule has 0 fully saturated rings. The summed E-state index contributed by atoms with van der Waals surface area (Å²) >= 11 is 1.68. The van der Waals surface area contributed by atoms with Gasteiger partial charge in [0.25, 0.3) is 0 Å². The third-order valence-electron chi connectivity index (χ3n) is 3.64. The van der Waals surface area contributed by atoms with Crippen LogP contribution in [0.5, 0.6) is 0 Å². The first-order valence-electron chi connectivity index (χ1n) is 7.37. The maximum atomic E-state index is 12.2. The number of nitrogens with zero attached hydrogens (tertiary/aromatic N) is 2. The lowest BCUT2D eigenvalue weighted by molar-refractivity contribution is -0.131. The summed E-state index contributed by atoms with van der Waals surface area (Å²) in [6, 6.07) is 0.109. The van der Waals surface area contributed by atoms with Crippen LogP contribution < -0.4 is 5.73 Å². The molecule has 4 nitrogen and oxygen atoms in total. The first-order valence-corrected chi connectivity index (χ1v) is 8.18. The zero-order valence-corrected chi connectivity index (χ0v) is 13.9. The normalized spacial score (nSPS) is 12.4. The zero-order chi connectivity index (χ0) is 15.1. The maximum absolute atomic E-state index is 12.2. The van der Waals surface area contributed by atoms with E-state index in [1.165, 1.54) is 4.88 Å². The van der Waals surface area contributed by atoms with Gasteiger partial charge in [0.05, 0.1) is 16.7 Å². The number of aryl methyl sites for hydroxylation is 2. The minimum Gasteiger partial charge on any atom is -0.338 e. The molecule has 0 aromatic carbocycles. The zero-order valence-electron chi connectivity index (χ0n) is 13.1. The van der Waals surface area contributed by atoms with Gasteiger partial charge in [-0.15, -0.1) is 11.3 Å². The van der Waals surface area contributed by atoms with Crippen LogP contribution in [0, 0.1) is 13.8 Å². The van der Waals surface area contributed by atoms with Gasteiger partial charge < -0.3 is 10.6 Å². The predicted molar refractivity (Wildman–Crippen MR) is 84.9 cm³/mol. The highest BCUT2D eigenvalue weighted by Crippen LogP contribution is 2.28. The first kappa shape index (κ1) is 17.1. The number of aromatic nitrogens is 1. The van der Waals surface area contributed by atoms with Gasteiger partial charge in [-0.3, -0.25) is 4.79 Å². The van der Waals surface area contributed by atoms with Crippen LogP contribution in [0.15, 0.2) is 0 Å². The van der Waals surface area contributed by atoms with Crippen molar-refractivity contribution in [2.45, 2.75) is 58.9 Å². The fourth-order valence-electron chi connectivity index (χ4n) is 2.28. The van der Waals surface area contributed by atoms with E-state index < -0.39 is 0 Å². The highest BCUT2D eigenvalue weighted by Gasteiger charge is 2.20. The Morgan fingerprint density at radius 1 is 1.30 bits per heavy atom. The van der Waals surface area contributed by atoms with Crippen LogP contribution in [0.4, 0.5) is 0 Å². The van der Waals surface area contributed by atoms with E-state index >= 15 is 0 Å². The summed E-state index contributed by atoms with van der Waals surface area (Å²) in [4.78, 5) is 19.7. The molecule has 1 atom stereocenters. The largest absolute Gasteiger partial charge is 0.338 e. The third kappa shape index (κ3) is 4.87. The minimum absolute atomic E-state index is 0.109. The molecule has 0 saturated carbocycles. The highest BCUT2D eigenvalue weighted by atomic mass is 32.1. The third-order valence-corrected chi connectivity index (χ3v) is 4.88. The molecule has 114 valence electrons. The standard InChI is InChI=1S/C15H27N3OS/c1-11-15(20-13(3)17-11)12(2)18(4)14(19)9-7-5-6-8-10-16/h12H,5-10,16H2,1-4H3. The molecule has 1 aromatic rings. The van der Waals surface area contributed by atoms with E-state index in [1.807, 2.05) is 25.8 Å². The first-order chi connectivity index (χ1) is 9.47. The van der Waals surface area contributed by atoms with Crippen LogP contribution in [0.2, 0.25) is 0 Å². The second-order valence-corrected chi connectivity index (χ2v) is 6.55. The quantitative estimate of drug-likeness (QED) is 0.750. The van der Waals surface area contributed by atoms with Gasteiger partial charge >= 0.3 is 0 Å². The second-order valence-electron chi connectivity index (χ2n) is 5.32. The molecule has 20 heavy (non-hydrogen) atoms. The number of hydrogen-bond donors (Lipinski definition) is 1. The molecule has 1 heterocycles. The monoisotopic (exact) mass is 297 g/mol. The van der Waals surface area contributed by atoms with Crippen molar-refractivity contribution >= 4 is 17.2 Å². The van der Waals surface area contributed by atoms with Gasteiger partial charge in [-0.25, -0.2) is 4.98 Å². The Hall–Kier alpha value is -0.940. The van der Waals surface area contributed by atoms with Crippen LogP contribution in [0.3, 0.4) is 0 Å². The maximum Gasteiger partial charge on any atom is 0.222 e. The summed E-state index contributed by atoms with van der Waals surface area (Å²) in [6.45, 7) is 6.84. The van der Waals surface area contributed by atoms with E-state index in [9.17, 15) is 4.79 Å². The Bertz CT molecular complexity index is 431. The molecule has 0 aliphatic rings. The molecule has 0 bridgehead atoms. The van der Waals surface area contributed by atoms with Crippen molar-refractivity contribution in [3.8, 4) is 0 Å². The molecule has 1 aromatic heterocycles. The average Bonchev–Trinajstić information content (AvgIpc) is 2.75. The molecule has 0 aliphatic heterocycles. The van der Waals surface area contributed by atoms with Crippen molar-refractivity contribution in [3.05, 3.63) is 15.6 Å². The molecule has 5 heteroatoms. The summed E-state index contributed by atoms with van der Waals surface area (Å²) < 4.78 is 0. The molecule has 0 aliphatic carbocycles. The lowest BCUT2D eigenvalue weighted by Gasteiger charge is -2.24. The molecule has 0 spiro atoms. The van der Waals surface area contributed by atoms with Gasteiger partial charge in [0.15, 0.2) is 0 Å². The van der Waals surface area contributed by atoms with Gasteiger partial charge in [-0.05, 0) is 40.2 Å². The van der Waals surface area contributed by atoms with Crippen LogP contribution in [-0.2, 0) is 4.79 Å². The molecular weight excluding hydrogens is 270 g/mol. The van der Waals surface area contributed by atoms with E-state index in [4.69, 9.17) is 5.73 Å². The Morgan fingerprint density at radius 2 is 1.95 bits per heavy atom. The van der Waals surface area contributed by atoms with Crippen LogP contribution in [-0.4, -0.2) is 29.4 Å². The molecule has 1 amide bonds. The van der Waals surface area contributed by atoms with Crippen LogP contribution in [0.25, 0.3) is 0 Å². The molecule has 1 unspecified atom stereocenters. The minimum atomic E-state index is 0.109. The Kier molecular flexibility index (Phi) is 7.16. The van der Waals surface area contributed by atoms with E-state index in [0.717, 1.165) is 42.9 Å². The van der Waals surface area contributed by atoms with Crippen molar-refractivity contribution in [2.75, 3.05) is 13.6 Å². The molecule has 0 radical (unpaired) electrons. The summed E-state index contributed by atoms with van der Waals surface area (Å²) in [5, 5.41) is 1.06. The van der Waals surface area contributed by atoms with E-state index in [-0.39, 0.29) is 11.9 Å². The fourth-order valence-corrected chi connectivity index (χ4v) is 3.30. The second kappa shape index (κ2) is 8.37. The smallest absolute Gasteiger partial charge is 0.222 e. The van der Waals surface area contributed by atoms with Gasteiger partial charge in [0.2, 0.25) is 5.91 Å². The van der Waals surface area contributed by atoms with E-state index in [1.54, 1.807) is 11.3 Å². The van der Waals surface area contributed by atoms with Crippen LogP contribution in [0.1, 0.15) is 60.6 Å². The van der Waals surface area contributed by atoms with Crippen molar-refractivity contribution in [2.24, 2.45) is 5.73 Å². The summed E-state index contributed by atoms with van der Waals surface area (Å²) in [7, 11) is 1.89. The fraction of sp³-hybridized carbons (Fsp3) is 0.733. The molecule has 0 saturated heterocycles. The highest BCUT2D eigenvalue weighted by molar-refractivity contribution is 7.11. The van der Waals surface area contributed by atoms with Crippen molar-refractivity contribution < 1.29 is 4.79 Å².